The Morgan fingerprint density at radius 3 is 2.58 bits per heavy atom. The van der Waals surface area contributed by atoms with Gasteiger partial charge in [0.15, 0.2) is 15.0 Å². The van der Waals surface area contributed by atoms with Gasteiger partial charge in [-0.25, -0.2) is 8.42 Å². The first kappa shape index (κ1) is 18.2. The lowest BCUT2D eigenvalue weighted by atomic mass is 10.1. The summed E-state index contributed by atoms with van der Waals surface area (Å²) in [7, 11) is -3.08. The first-order chi connectivity index (χ1) is 11.2. The van der Waals surface area contributed by atoms with Gasteiger partial charge in [0, 0.05) is 15.4 Å². The molecule has 1 aromatic carbocycles. The van der Waals surface area contributed by atoms with Crippen LogP contribution in [0.15, 0.2) is 21.6 Å². The molecule has 2 fully saturated rings. The molecule has 1 aromatic rings. The van der Waals surface area contributed by atoms with E-state index in [-0.39, 0.29) is 28.7 Å². The number of hydrogen-bond donors (Lipinski definition) is 0. The third-order valence-corrected chi connectivity index (χ3v) is 7.99. The number of amides is 1. The first-order valence-corrected chi connectivity index (χ1v) is 11.4. The topological polar surface area (TPSA) is 66.8 Å². The van der Waals surface area contributed by atoms with Gasteiger partial charge in [0.05, 0.1) is 17.5 Å². The minimum atomic E-state index is -3.08. The number of amidine groups is 1. The molecule has 2 unspecified atom stereocenters. The van der Waals surface area contributed by atoms with Crippen molar-refractivity contribution in [1.82, 2.24) is 0 Å². The molecule has 0 bridgehead atoms. The number of carbonyl (C=O) groups is 1. The molecule has 9 heteroatoms. The fourth-order valence-electron chi connectivity index (χ4n) is 3.25. The van der Waals surface area contributed by atoms with Crippen LogP contribution in [-0.2, 0) is 14.6 Å². The fourth-order valence-corrected chi connectivity index (χ4v) is 7.91. The minimum absolute atomic E-state index is 0.0771. The molecule has 2 aliphatic heterocycles. The molecular weight excluding hydrogens is 436 g/mol. The van der Waals surface area contributed by atoms with Gasteiger partial charge < -0.3 is 4.90 Å². The molecule has 2 aliphatic rings. The van der Waals surface area contributed by atoms with Crippen molar-refractivity contribution in [2.45, 2.75) is 25.1 Å². The van der Waals surface area contributed by atoms with Crippen LogP contribution in [0.1, 0.15) is 11.1 Å². The number of aryl methyl sites for hydroxylation is 2. The van der Waals surface area contributed by atoms with Crippen LogP contribution in [0.3, 0.4) is 0 Å². The van der Waals surface area contributed by atoms with E-state index in [1.807, 2.05) is 30.9 Å². The maximum absolute atomic E-state index is 12.1. The largest absolute Gasteiger partial charge is 0.315 e. The number of fused-ring (bicyclic) bond motifs is 1. The number of thioether (sulfide) groups is 1. The van der Waals surface area contributed by atoms with Crippen molar-refractivity contribution in [1.29, 1.82) is 0 Å². The summed E-state index contributed by atoms with van der Waals surface area (Å²) >= 11 is 10.4. The van der Waals surface area contributed by atoms with Gasteiger partial charge in [-0.2, -0.15) is 4.99 Å². The Bertz CT molecular complexity index is 818. The highest BCUT2D eigenvalue weighted by molar-refractivity contribution is 9.10. The van der Waals surface area contributed by atoms with Crippen LogP contribution < -0.4 is 4.90 Å². The number of benzene rings is 1. The zero-order valence-electron chi connectivity index (χ0n) is 13.1. The standard InChI is InChI=1S/C15H16BrClN2O3S2/c1-8-3-10(16)4-9(2)14(8)19-11-6-24(21,22)7-12(11)23-15(19)18-13(20)5-17/h3-4,11-12H,5-7H2,1-2H3. The Morgan fingerprint density at radius 2 is 2.00 bits per heavy atom. The molecule has 0 aromatic heterocycles. The van der Waals surface area contributed by atoms with Crippen LogP contribution in [0.4, 0.5) is 5.69 Å². The lowest BCUT2D eigenvalue weighted by molar-refractivity contribution is -0.115. The van der Waals surface area contributed by atoms with Crippen molar-refractivity contribution < 1.29 is 13.2 Å². The highest BCUT2D eigenvalue weighted by Crippen LogP contribution is 2.43. The second kappa shape index (κ2) is 6.63. The highest BCUT2D eigenvalue weighted by Gasteiger charge is 2.49. The number of anilines is 1. The van der Waals surface area contributed by atoms with Crippen LogP contribution in [0.25, 0.3) is 0 Å². The summed E-state index contributed by atoms with van der Waals surface area (Å²) in [6, 6.07) is 3.75. The van der Waals surface area contributed by atoms with E-state index in [0.29, 0.717) is 5.17 Å². The molecule has 0 spiro atoms. The molecule has 0 radical (unpaired) electrons. The Morgan fingerprint density at radius 1 is 1.38 bits per heavy atom. The predicted octanol–water partition coefficient (Wildman–Crippen LogP) is 2.91. The van der Waals surface area contributed by atoms with E-state index < -0.39 is 15.7 Å². The summed E-state index contributed by atoms with van der Waals surface area (Å²) in [6.07, 6.45) is 0. The molecule has 1 amide bonds. The molecule has 24 heavy (non-hydrogen) atoms. The molecule has 130 valence electrons. The molecule has 0 aliphatic carbocycles. The Hall–Kier alpha value is -0.570. The van der Waals surface area contributed by atoms with Crippen molar-refractivity contribution in [3.63, 3.8) is 0 Å². The monoisotopic (exact) mass is 450 g/mol. The number of halogens is 2. The van der Waals surface area contributed by atoms with Crippen LogP contribution in [0.5, 0.6) is 0 Å². The number of carbonyl (C=O) groups excluding carboxylic acids is 1. The van der Waals surface area contributed by atoms with Crippen molar-refractivity contribution in [2.24, 2.45) is 4.99 Å². The molecule has 3 rings (SSSR count). The summed E-state index contributed by atoms with van der Waals surface area (Å²) in [5, 5.41) is 0.429. The van der Waals surface area contributed by atoms with Gasteiger partial charge >= 0.3 is 0 Å². The van der Waals surface area contributed by atoms with Crippen molar-refractivity contribution in [3.8, 4) is 0 Å². The maximum Gasteiger partial charge on any atom is 0.262 e. The molecule has 2 heterocycles. The number of sulfone groups is 1. The fraction of sp³-hybridized carbons (Fsp3) is 0.467. The van der Waals surface area contributed by atoms with E-state index in [0.717, 1.165) is 21.3 Å². The number of nitrogens with zero attached hydrogens (tertiary/aromatic N) is 2. The van der Waals surface area contributed by atoms with Crippen molar-refractivity contribution >= 4 is 65.9 Å². The number of alkyl halides is 1. The number of hydrogen-bond acceptors (Lipinski definition) is 4. The smallest absolute Gasteiger partial charge is 0.262 e. The first-order valence-electron chi connectivity index (χ1n) is 7.32. The van der Waals surface area contributed by atoms with E-state index in [9.17, 15) is 13.2 Å². The SMILES string of the molecule is Cc1cc(Br)cc(C)c1N1C(=NC(=O)CCl)SC2CS(=O)(=O)CC21. The van der Waals surface area contributed by atoms with Crippen molar-refractivity contribution in [2.75, 3.05) is 22.3 Å². The molecule has 0 saturated carbocycles. The van der Waals surface area contributed by atoms with Gasteiger partial charge in [-0.15, -0.1) is 11.6 Å². The average molecular weight is 452 g/mol. The Kier molecular flexibility index (Phi) is 5.03. The Labute approximate surface area is 158 Å². The summed E-state index contributed by atoms with van der Waals surface area (Å²) < 4.78 is 25.1. The third kappa shape index (κ3) is 3.38. The van der Waals surface area contributed by atoms with Crippen LogP contribution in [-0.4, -0.2) is 48.2 Å². The normalized spacial score (nSPS) is 26.8. The third-order valence-electron chi connectivity index (χ3n) is 4.10. The lowest BCUT2D eigenvalue weighted by Gasteiger charge is -2.28. The predicted molar refractivity (Wildman–Crippen MR) is 103 cm³/mol. The average Bonchev–Trinajstić information content (AvgIpc) is 2.90. The van der Waals surface area contributed by atoms with Crippen molar-refractivity contribution in [3.05, 3.63) is 27.7 Å². The van der Waals surface area contributed by atoms with E-state index in [4.69, 9.17) is 11.6 Å². The highest BCUT2D eigenvalue weighted by atomic mass is 79.9. The van der Waals surface area contributed by atoms with E-state index in [1.54, 1.807) is 0 Å². The Balaban J connectivity index is 2.12. The minimum Gasteiger partial charge on any atom is -0.315 e. The second-order valence-electron chi connectivity index (χ2n) is 5.98. The zero-order valence-corrected chi connectivity index (χ0v) is 17.1. The van der Waals surface area contributed by atoms with Gasteiger partial charge in [0.2, 0.25) is 0 Å². The van der Waals surface area contributed by atoms with Crippen LogP contribution in [0.2, 0.25) is 0 Å². The number of rotatable bonds is 2. The van der Waals surface area contributed by atoms with E-state index in [1.165, 1.54) is 11.8 Å². The molecule has 5 nitrogen and oxygen atoms in total. The van der Waals surface area contributed by atoms with Gasteiger partial charge in [0.25, 0.3) is 5.91 Å². The summed E-state index contributed by atoms with van der Waals surface area (Å²) in [5.41, 5.74) is 2.91. The van der Waals surface area contributed by atoms with Gasteiger partial charge in [-0.3, -0.25) is 4.79 Å². The molecule has 2 saturated heterocycles. The molecule has 0 N–H and O–H groups in total. The summed E-state index contributed by atoms with van der Waals surface area (Å²) in [4.78, 5) is 17.8. The van der Waals surface area contributed by atoms with E-state index in [2.05, 4.69) is 20.9 Å². The van der Waals surface area contributed by atoms with Gasteiger partial charge in [-0.1, -0.05) is 27.7 Å². The quantitative estimate of drug-likeness (QED) is 0.647. The van der Waals surface area contributed by atoms with Gasteiger partial charge in [-0.05, 0) is 37.1 Å². The van der Waals surface area contributed by atoms with E-state index >= 15 is 0 Å². The zero-order chi connectivity index (χ0) is 17.6. The van der Waals surface area contributed by atoms with Crippen LogP contribution >= 0.6 is 39.3 Å². The number of aliphatic imine (C=N–C) groups is 1. The maximum atomic E-state index is 12.1. The van der Waals surface area contributed by atoms with Crippen LogP contribution in [0, 0.1) is 13.8 Å². The van der Waals surface area contributed by atoms with Gasteiger partial charge in [0.1, 0.15) is 5.88 Å². The summed E-state index contributed by atoms with van der Waals surface area (Å²) in [6.45, 7) is 3.94. The molecular formula is C15H16BrClN2O3S2. The summed E-state index contributed by atoms with van der Waals surface area (Å²) in [5.74, 6) is -0.418. The second-order valence-corrected chi connectivity index (χ2v) is 10.5. The molecule has 2 atom stereocenters. The lowest BCUT2D eigenvalue weighted by Crippen LogP contribution is -2.38.